The number of piperazine rings is 1. The fraction of sp³-hybridized carbons (Fsp3) is 0.694. The van der Waals surface area contributed by atoms with Crippen LogP contribution in [-0.2, 0) is 17.7 Å². The van der Waals surface area contributed by atoms with Crippen LogP contribution in [0.2, 0.25) is 0 Å². The van der Waals surface area contributed by atoms with Crippen LogP contribution in [0.5, 0.6) is 6.01 Å². The molecule has 5 aliphatic rings. The third-order valence-electron chi connectivity index (χ3n) is 11.0. The topological polar surface area (TPSA) is 94.5 Å². The molecular formula is C36H52N6O4. The van der Waals surface area contributed by atoms with Gasteiger partial charge in [0, 0.05) is 36.9 Å². The van der Waals surface area contributed by atoms with E-state index >= 15 is 0 Å². The predicted octanol–water partition coefficient (Wildman–Crippen LogP) is 5.12. The zero-order valence-corrected chi connectivity index (χ0v) is 28.4. The molecule has 0 spiro atoms. The van der Waals surface area contributed by atoms with E-state index in [0.29, 0.717) is 25.1 Å². The van der Waals surface area contributed by atoms with E-state index in [1.807, 2.05) is 25.7 Å². The number of aliphatic hydroxyl groups excluding tert-OH is 1. The van der Waals surface area contributed by atoms with Crippen LogP contribution < -0.4 is 14.5 Å². The van der Waals surface area contributed by atoms with Gasteiger partial charge in [-0.25, -0.2) is 4.79 Å². The van der Waals surface area contributed by atoms with Crippen LogP contribution in [0.3, 0.4) is 0 Å². The Hall–Kier alpha value is -3.11. The van der Waals surface area contributed by atoms with Crippen LogP contribution in [0.4, 0.5) is 16.3 Å². The highest BCUT2D eigenvalue weighted by molar-refractivity contribution is 5.70. The minimum Gasteiger partial charge on any atom is -0.461 e. The molecule has 5 aliphatic heterocycles. The van der Waals surface area contributed by atoms with Crippen LogP contribution in [-0.4, -0.2) is 99.6 Å². The second-order valence-electron chi connectivity index (χ2n) is 15.5. The summed E-state index contributed by atoms with van der Waals surface area (Å²) in [5.74, 6) is 1.40. The molecule has 1 aromatic heterocycles. The average molecular weight is 633 g/mol. The Morgan fingerprint density at radius 1 is 1.04 bits per heavy atom. The van der Waals surface area contributed by atoms with Gasteiger partial charge in [-0.05, 0) is 89.8 Å². The molecule has 4 fully saturated rings. The third kappa shape index (κ3) is 5.80. The summed E-state index contributed by atoms with van der Waals surface area (Å²) in [5, 5.41) is 10.0. The van der Waals surface area contributed by atoms with Crippen molar-refractivity contribution in [2.24, 2.45) is 0 Å². The van der Waals surface area contributed by atoms with Gasteiger partial charge in [-0.15, -0.1) is 0 Å². The van der Waals surface area contributed by atoms with Crippen molar-refractivity contribution in [2.75, 3.05) is 49.2 Å². The van der Waals surface area contributed by atoms with E-state index < -0.39 is 5.60 Å². The van der Waals surface area contributed by atoms with Crippen molar-refractivity contribution in [1.29, 1.82) is 0 Å². The van der Waals surface area contributed by atoms with Crippen LogP contribution in [0.25, 0.3) is 0 Å². The number of carbonyl (C=O) groups is 1. The highest BCUT2D eigenvalue weighted by atomic mass is 16.6. The van der Waals surface area contributed by atoms with E-state index in [0.717, 1.165) is 82.6 Å². The first kappa shape index (κ1) is 31.5. The molecule has 1 amide bonds. The van der Waals surface area contributed by atoms with Crippen molar-refractivity contribution in [2.45, 2.75) is 121 Å². The van der Waals surface area contributed by atoms with Gasteiger partial charge in [-0.2, -0.15) is 9.97 Å². The molecule has 2 unspecified atom stereocenters. The number of fused-ring (bicyclic) bond motifs is 4. The summed E-state index contributed by atoms with van der Waals surface area (Å²) < 4.78 is 12.4. The lowest BCUT2D eigenvalue weighted by atomic mass is 9.95. The molecule has 46 heavy (non-hydrogen) atoms. The van der Waals surface area contributed by atoms with E-state index in [9.17, 15) is 9.90 Å². The lowest BCUT2D eigenvalue weighted by Gasteiger charge is -2.43. The molecule has 4 saturated heterocycles. The van der Waals surface area contributed by atoms with E-state index in [4.69, 9.17) is 19.4 Å². The lowest BCUT2D eigenvalue weighted by Crippen LogP contribution is -2.57. The molecule has 1 N–H and O–H groups in total. The molecule has 10 heteroatoms. The van der Waals surface area contributed by atoms with Gasteiger partial charge < -0.3 is 24.4 Å². The molecule has 2 bridgehead atoms. The maximum atomic E-state index is 13.2. The smallest absolute Gasteiger partial charge is 0.410 e. The van der Waals surface area contributed by atoms with Crippen LogP contribution >= 0.6 is 0 Å². The summed E-state index contributed by atoms with van der Waals surface area (Å²) in [7, 11) is 0. The number of para-hydroxylation sites is 1. The SMILES string of the molecule is CC(C)c1ccccc1N1CCc2c(nc(OCC34CCCN3C(CO)CC4)nc2N2C[C@H]3CC[C@@H](C2)N3C(=O)OC(C)(C)C)C1. The van der Waals surface area contributed by atoms with Gasteiger partial charge in [-0.1, -0.05) is 32.0 Å². The molecule has 7 rings (SSSR count). The number of rotatable bonds is 7. The average Bonchev–Trinajstić information content (AvgIpc) is 3.68. The van der Waals surface area contributed by atoms with Gasteiger partial charge in [-0.3, -0.25) is 9.80 Å². The second kappa shape index (κ2) is 12.2. The van der Waals surface area contributed by atoms with E-state index in [1.54, 1.807) is 0 Å². The summed E-state index contributed by atoms with van der Waals surface area (Å²) in [4.78, 5) is 32.8. The Balaban J connectivity index is 1.18. The molecule has 6 heterocycles. The second-order valence-corrected chi connectivity index (χ2v) is 15.5. The predicted molar refractivity (Wildman–Crippen MR) is 179 cm³/mol. The highest BCUT2D eigenvalue weighted by Crippen LogP contribution is 2.43. The van der Waals surface area contributed by atoms with Crippen LogP contribution in [0.1, 0.15) is 95.9 Å². The van der Waals surface area contributed by atoms with Crippen molar-refractivity contribution in [3.63, 3.8) is 0 Å². The first-order chi connectivity index (χ1) is 22.0. The van der Waals surface area contributed by atoms with Gasteiger partial charge in [0.25, 0.3) is 0 Å². The Bertz CT molecular complexity index is 1430. The normalized spacial score (nSPS) is 27.7. The molecule has 0 radical (unpaired) electrons. The van der Waals surface area contributed by atoms with Crippen LogP contribution in [0.15, 0.2) is 24.3 Å². The summed E-state index contributed by atoms with van der Waals surface area (Å²) in [6, 6.07) is 9.60. The first-order valence-electron chi connectivity index (χ1n) is 17.6. The van der Waals surface area contributed by atoms with Crippen molar-refractivity contribution in [1.82, 2.24) is 19.8 Å². The quantitative estimate of drug-likeness (QED) is 0.447. The lowest BCUT2D eigenvalue weighted by molar-refractivity contribution is 0.0122. The maximum Gasteiger partial charge on any atom is 0.410 e. The van der Waals surface area contributed by atoms with E-state index in [-0.39, 0.29) is 36.4 Å². The number of aliphatic hydroxyl groups is 1. The van der Waals surface area contributed by atoms with Gasteiger partial charge in [0.05, 0.1) is 36.5 Å². The minimum absolute atomic E-state index is 0.0484. The van der Waals surface area contributed by atoms with Crippen molar-refractivity contribution >= 4 is 17.6 Å². The van der Waals surface area contributed by atoms with Crippen molar-refractivity contribution < 1.29 is 19.4 Å². The highest BCUT2D eigenvalue weighted by Gasteiger charge is 2.50. The number of nitrogens with zero attached hydrogens (tertiary/aromatic N) is 6. The Morgan fingerprint density at radius 3 is 2.52 bits per heavy atom. The largest absolute Gasteiger partial charge is 0.461 e. The molecule has 0 aliphatic carbocycles. The summed E-state index contributed by atoms with van der Waals surface area (Å²) >= 11 is 0. The Morgan fingerprint density at radius 2 is 1.80 bits per heavy atom. The van der Waals surface area contributed by atoms with Gasteiger partial charge in [0.1, 0.15) is 18.0 Å². The van der Waals surface area contributed by atoms with Gasteiger partial charge in [0.15, 0.2) is 0 Å². The van der Waals surface area contributed by atoms with Crippen molar-refractivity contribution in [3.8, 4) is 6.01 Å². The molecule has 1 aromatic carbocycles. The zero-order valence-electron chi connectivity index (χ0n) is 28.4. The van der Waals surface area contributed by atoms with Gasteiger partial charge >= 0.3 is 12.1 Å². The van der Waals surface area contributed by atoms with E-state index in [2.05, 4.69) is 52.8 Å². The standard InChI is InChI=1S/C36H52N6O4/c1-24(2)28-9-6-7-10-31(28)39-18-14-29-30(21-39)37-33(45-23-36-15-8-17-41(36)27(22-43)13-16-36)38-32(29)40-19-25-11-12-26(20-40)42(25)34(44)46-35(3,4)5/h6-7,9-10,24-27,43H,8,11-23H2,1-5H3/t25-,26+,27?,36?. The minimum atomic E-state index is -0.517. The number of carbonyl (C=O) groups excluding carboxylic acids is 1. The Kier molecular flexibility index (Phi) is 8.32. The number of hydrogen-bond acceptors (Lipinski definition) is 9. The third-order valence-corrected chi connectivity index (χ3v) is 11.0. The number of benzene rings is 1. The number of hydrogen-bond donors (Lipinski definition) is 1. The fourth-order valence-electron chi connectivity index (χ4n) is 8.88. The summed E-state index contributed by atoms with van der Waals surface area (Å²) in [6.45, 7) is 15.1. The van der Waals surface area contributed by atoms with Crippen LogP contribution in [0, 0.1) is 0 Å². The van der Waals surface area contributed by atoms with E-state index in [1.165, 1.54) is 16.8 Å². The van der Waals surface area contributed by atoms with Crippen molar-refractivity contribution in [3.05, 3.63) is 41.1 Å². The molecule has 4 atom stereocenters. The Labute approximate surface area is 274 Å². The number of amides is 1. The molecule has 2 aromatic rings. The molecule has 10 nitrogen and oxygen atoms in total. The fourth-order valence-corrected chi connectivity index (χ4v) is 8.88. The zero-order chi connectivity index (χ0) is 32.2. The van der Waals surface area contributed by atoms with Gasteiger partial charge in [0.2, 0.25) is 0 Å². The first-order valence-corrected chi connectivity index (χ1v) is 17.6. The molecule has 250 valence electrons. The number of anilines is 2. The monoisotopic (exact) mass is 632 g/mol. The molecule has 0 saturated carbocycles. The molecular weight excluding hydrogens is 580 g/mol. The number of ether oxygens (including phenoxy) is 2. The summed E-state index contributed by atoms with van der Waals surface area (Å²) in [6.07, 6.45) is 6.85. The summed E-state index contributed by atoms with van der Waals surface area (Å²) in [5.41, 5.74) is 4.30. The maximum absolute atomic E-state index is 13.2. The number of aromatic nitrogens is 2.